The minimum Gasteiger partial charge on any atom is -0.480 e. The number of esters is 1. The van der Waals surface area contributed by atoms with Crippen LogP contribution in [0, 0.1) is 5.41 Å². The molecule has 0 bridgehead atoms. The molecule has 104 valence electrons. The summed E-state index contributed by atoms with van der Waals surface area (Å²) >= 11 is 0. The molecule has 1 aromatic rings. The molecule has 2 atom stereocenters. The van der Waals surface area contributed by atoms with Gasteiger partial charge in [-0.15, -0.1) is 0 Å². The predicted octanol–water partition coefficient (Wildman–Crippen LogP) is 1.56. The van der Waals surface area contributed by atoms with Crippen LogP contribution in [-0.2, 0) is 20.9 Å². The Morgan fingerprint density at radius 1 is 1.37 bits per heavy atom. The quantitative estimate of drug-likeness (QED) is 0.601. The lowest BCUT2D eigenvalue weighted by molar-refractivity contribution is -0.171. The number of benzene rings is 1. The molecule has 0 amide bonds. The van der Waals surface area contributed by atoms with Crippen molar-refractivity contribution in [2.24, 2.45) is 11.1 Å². The molecule has 0 aliphatic heterocycles. The van der Waals surface area contributed by atoms with Gasteiger partial charge in [-0.05, 0) is 18.9 Å². The van der Waals surface area contributed by atoms with Crippen molar-refractivity contribution in [1.29, 1.82) is 0 Å². The van der Waals surface area contributed by atoms with Gasteiger partial charge >= 0.3 is 11.9 Å². The first kappa shape index (κ1) is 15.2. The zero-order chi connectivity index (χ0) is 14.5. The summed E-state index contributed by atoms with van der Waals surface area (Å²) in [5.74, 6) is -2.04. The van der Waals surface area contributed by atoms with E-state index in [1.165, 1.54) is 6.92 Å². The molecule has 0 radical (unpaired) electrons. The van der Waals surface area contributed by atoms with Gasteiger partial charge in [0.05, 0.1) is 0 Å². The Balaban J connectivity index is 2.82. The SMILES string of the molecule is CC[C@](C(=O)O)(C(=O)OCc1ccccc1)[C@H](C)N. The van der Waals surface area contributed by atoms with Gasteiger partial charge in [-0.1, -0.05) is 37.3 Å². The maximum absolute atomic E-state index is 12.1. The van der Waals surface area contributed by atoms with Gasteiger partial charge in [-0.25, -0.2) is 0 Å². The van der Waals surface area contributed by atoms with Crippen molar-refractivity contribution in [2.75, 3.05) is 0 Å². The highest BCUT2D eigenvalue weighted by Crippen LogP contribution is 2.28. The molecule has 0 unspecified atom stereocenters. The van der Waals surface area contributed by atoms with Gasteiger partial charge in [0.25, 0.3) is 0 Å². The molecule has 0 fully saturated rings. The Morgan fingerprint density at radius 2 is 1.95 bits per heavy atom. The number of ether oxygens (including phenoxy) is 1. The summed E-state index contributed by atoms with van der Waals surface area (Å²) in [5.41, 5.74) is 4.79. The van der Waals surface area contributed by atoms with Crippen molar-refractivity contribution in [3.63, 3.8) is 0 Å². The number of carbonyl (C=O) groups is 2. The predicted molar refractivity (Wildman–Crippen MR) is 70.2 cm³/mol. The van der Waals surface area contributed by atoms with E-state index >= 15 is 0 Å². The summed E-state index contributed by atoms with van der Waals surface area (Å²) in [4.78, 5) is 23.4. The molecule has 19 heavy (non-hydrogen) atoms. The van der Waals surface area contributed by atoms with Crippen LogP contribution in [0.15, 0.2) is 30.3 Å². The molecule has 0 aliphatic carbocycles. The van der Waals surface area contributed by atoms with Crippen LogP contribution < -0.4 is 5.73 Å². The third kappa shape index (κ3) is 3.12. The Labute approximate surface area is 112 Å². The molecule has 0 spiro atoms. The summed E-state index contributed by atoms with van der Waals surface area (Å²) in [6.07, 6.45) is 0.0909. The van der Waals surface area contributed by atoms with E-state index in [4.69, 9.17) is 10.5 Å². The van der Waals surface area contributed by atoms with Crippen LogP contribution in [0.1, 0.15) is 25.8 Å². The summed E-state index contributed by atoms with van der Waals surface area (Å²) in [6, 6.07) is 8.26. The Hall–Kier alpha value is -1.88. The highest BCUT2D eigenvalue weighted by molar-refractivity contribution is 6.00. The zero-order valence-corrected chi connectivity index (χ0v) is 11.1. The third-order valence-electron chi connectivity index (χ3n) is 3.29. The number of carboxylic acid groups (broad SMARTS) is 1. The second-order valence-electron chi connectivity index (χ2n) is 4.48. The molecular formula is C14H19NO4. The molecule has 0 saturated carbocycles. The standard InChI is InChI=1S/C14H19NO4/c1-3-14(10(2)15,12(16)17)13(18)19-9-11-7-5-4-6-8-11/h4-8,10H,3,9,15H2,1-2H3,(H,16,17)/t10-,14-/m0/s1. The molecular weight excluding hydrogens is 246 g/mol. The minimum absolute atomic E-state index is 0.0431. The van der Waals surface area contributed by atoms with Crippen molar-refractivity contribution in [1.82, 2.24) is 0 Å². The lowest BCUT2D eigenvalue weighted by atomic mass is 9.79. The van der Waals surface area contributed by atoms with Gasteiger partial charge in [0.15, 0.2) is 5.41 Å². The van der Waals surface area contributed by atoms with Crippen LogP contribution >= 0.6 is 0 Å². The normalized spacial score (nSPS) is 15.3. The Kier molecular flexibility index (Phi) is 5.06. The fourth-order valence-corrected chi connectivity index (χ4v) is 1.94. The maximum atomic E-state index is 12.1. The maximum Gasteiger partial charge on any atom is 0.325 e. The molecule has 0 saturated heterocycles. The number of carbonyl (C=O) groups excluding carboxylic acids is 1. The molecule has 5 nitrogen and oxygen atoms in total. The lowest BCUT2D eigenvalue weighted by Gasteiger charge is -2.29. The zero-order valence-electron chi connectivity index (χ0n) is 11.1. The van der Waals surface area contributed by atoms with E-state index in [0.29, 0.717) is 0 Å². The molecule has 0 aromatic heterocycles. The Bertz CT molecular complexity index is 444. The fraction of sp³-hybridized carbons (Fsp3) is 0.429. The van der Waals surface area contributed by atoms with Gasteiger partial charge in [-0.2, -0.15) is 0 Å². The molecule has 5 heteroatoms. The first-order valence-electron chi connectivity index (χ1n) is 6.15. The minimum atomic E-state index is -1.69. The number of aliphatic carboxylic acids is 1. The highest BCUT2D eigenvalue weighted by atomic mass is 16.5. The van der Waals surface area contributed by atoms with Crippen LogP contribution in [0.5, 0.6) is 0 Å². The second-order valence-corrected chi connectivity index (χ2v) is 4.48. The number of hydrogen-bond acceptors (Lipinski definition) is 4. The van der Waals surface area contributed by atoms with Crippen LogP contribution in [0.25, 0.3) is 0 Å². The second kappa shape index (κ2) is 6.33. The first-order chi connectivity index (χ1) is 8.95. The van der Waals surface area contributed by atoms with E-state index in [0.717, 1.165) is 5.56 Å². The molecule has 0 heterocycles. The van der Waals surface area contributed by atoms with Crippen LogP contribution in [-0.4, -0.2) is 23.1 Å². The average Bonchev–Trinajstić information content (AvgIpc) is 2.38. The van der Waals surface area contributed by atoms with E-state index in [9.17, 15) is 14.7 Å². The topological polar surface area (TPSA) is 89.6 Å². The van der Waals surface area contributed by atoms with E-state index in [2.05, 4.69) is 0 Å². The van der Waals surface area contributed by atoms with E-state index < -0.39 is 23.4 Å². The average molecular weight is 265 g/mol. The number of nitrogens with two attached hydrogens (primary N) is 1. The summed E-state index contributed by atoms with van der Waals surface area (Å²) in [6.45, 7) is 3.16. The highest BCUT2D eigenvalue weighted by Gasteiger charge is 2.49. The largest absolute Gasteiger partial charge is 0.480 e. The van der Waals surface area contributed by atoms with Crippen molar-refractivity contribution < 1.29 is 19.4 Å². The Morgan fingerprint density at radius 3 is 2.37 bits per heavy atom. The van der Waals surface area contributed by atoms with Crippen molar-refractivity contribution in [3.8, 4) is 0 Å². The van der Waals surface area contributed by atoms with Crippen molar-refractivity contribution in [2.45, 2.75) is 32.9 Å². The van der Waals surface area contributed by atoms with Gasteiger partial charge in [0.1, 0.15) is 6.61 Å². The monoisotopic (exact) mass is 265 g/mol. The van der Waals surface area contributed by atoms with Crippen LogP contribution in [0.4, 0.5) is 0 Å². The van der Waals surface area contributed by atoms with Gasteiger partial charge < -0.3 is 15.6 Å². The number of rotatable bonds is 6. The fourth-order valence-electron chi connectivity index (χ4n) is 1.94. The summed E-state index contributed by atoms with van der Waals surface area (Å²) in [7, 11) is 0. The van der Waals surface area contributed by atoms with E-state index in [1.807, 2.05) is 18.2 Å². The van der Waals surface area contributed by atoms with Gasteiger partial charge in [0, 0.05) is 6.04 Å². The number of hydrogen-bond donors (Lipinski definition) is 2. The van der Waals surface area contributed by atoms with E-state index in [1.54, 1.807) is 19.1 Å². The third-order valence-corrected chi connectivity index (χ3v) is 3.29. The molecule has 0 aliphatic rings. The van der Waals surface area contributed by atoms with Gasteiger partial charge in [-0.3, -0.25) is 9.59 Å². The molecule has 1 rings (SSSR count). The van der Waals surface area contributed by atoms with Crippen LogP contribution in [0.3, 0.4) is 0 Å². The van der Waals surface area contributed by atoms with Crippen molar-refractivity contribution in [3.05, 3.63) is 35.9 Å². The molecule has 1 aromatic carbocycles. The summed E-state index contributed by atoms with van der Waals surface area (Å²) < 4.78 is 5.11. The van der Waals surface area contributed by atoms with Crippen molar-refractivity contribution >= 4 is 11.9 Å². The van der Waals surface area contributed by atoms with Crippen LogP contribution in [0.2, 0.25) is 0 Å². The summed E-state index contributed by atoms with van der Waals surface area (Å²) in [5, 5.41) is 9.28. The van der Waals surface area contributed by atoms with E-state index in [-0.39, 0.29) is 13.0 Å². The smallest absolute Gasteiger partial charge is 0.325 e. The van der Waals surface area contributed by atoms with Gasteiger partial charge in [0.2, 0.25) is 0 Å². The molecule has 3 N–H and O–H groups in total. The number of carboxylic acids is 1. The first-order valence-corrected chi connectivity index (χ1v) is 6.15. The lowest BCUT2D eigenvalue weighted by Crippen LogP contribution is -2.52.